The summed E-state index contributed by atoms with van der Waals surface area (Å²) in [5.41, 5.74) is 1.40. The average molecular weight is 344 g/mol. The molecule has 4 aliphatic carbocycles. The molecule has 0 heterocycles. The van der Waals surface area contributed by atoms with Gasteiger partial charge in [-0.1, -0.05) is 25.5 Å². The van der Waals surface area contributed by atoms with Crippen molar-refractivity contribution in [1.29, 1.82) is 0 Å². The standard InChI is InChI=1S/C22H32O3/c1-3-20(24)25-19-10-9-17-16-8-7-15-6-4-5-12-22(15,14-23)18(16)11-13-21(17,19)2/h6,14,16-19H,3-5,7-13H2,1-2H3/t16-,17-,18+,19?,21-,22+/m0/s1. The molecule has 3 saturated carbocycles. The van der Waals surface area contributed by atoms with Crippen LogP contribution in [-0.4, -0.2) is 18.4 Å². The van der Waals surface area contributed by atoms with E-state index in [0.717, 1.165) is 51.4 Å². The highest BCUT2D eigenvalue weighted by atomic mass is 16.5. The summed E-state index contributed by atoms with van der Waals surface area (Å²) in [5, 5.41) is 0. The molecule has 0 N–H and O–H groups in total. The Hall–Kier alpha value is -1.12. The lowest BCUT2D eigenvalue weighted by Crippen LogP contribution is -2.52. The van der Waals surface area contributed by atoms with Gasteiger partial charge in [0.15, 0.2) is 0 Å². The molecule has 0 amide bonds. The zero-order chi connectivity index (χ0) is 17.7. The summed E-state index contributed by atoms with van der Waals surface area (Å²) in [6, 6.07) is 0. The van der Waals surface area contributed by atoms with E-state index in [4.69, 9.17) is 4.74 Å². The van der Waals surface area contributed by atoms with Gasteiger partial charge in [0.2, 0.25) is 0 Å². The lowest BCUT2D eigenvalue weighted by atomic mass is 9.47. The lowest BCUT2D eigenvalue weighted by molar-refractivity contribution is -0.159. The quantitative estimate of drug-likeness (QED) is 0.418. The molecule has 3 nitrogen and oxygen atoms in total. The van der Waals surface area contributed by atoms with Gasteiger partial charge in [-0.15, -0.1) is 0 Å². The summed E-state index contributed by atoms with van der Waals surface area (Å²) in [6.07, 6.45) is 14.3. The molecule has 25 heavy (non-hydrogen) atoms. The second-order valence-electron chi connectivity index (χ2n) is 9.15. The van der Waals surface area contributed by atoms with E-state index in [0.29, 0.717) is 24.2 Å². The molecule has 0 spiro atoms. The number of rotatable bonds is 3. The molecule has 0 aromatic carbocycles. The molecule has 0 aromatic rings. The molecule has 0 aromatic heterocycles. The van der Waals surface area contributed by atoms with E-state index in [-0.39, 0.29) is 22.9 Å². The summed E-state index contributed by atoms with van der Waals surface area (Å²) in [6.45, 7) is 4.23. The first-order valence-electron chi connectivity index (χ1n) is 10.4. The SMILES string of the molecule is CCC(=O)OC1CC[C@H]2[C@@H]3CCC4=CCCC[C@]4(C=O)[C@@H]3CC[C@]12C. The highest BCUT2D eigenvalue weighted by Crippen LogP contribution is 2.65. The largest absolute Gasteiger partial charge is 0.462 e. The molecule has 0 bridgehead atoms. The van der Waals surface area contributed by atoms with Crippen molar-refractivity contribution in [3.05, 3.63) is 11.6 Å². The Labute approximate surface area is 151 Å². The average Bonchev–Trinajstić information content (AvgIpc) is 2.97. The molecule has 4 rings (SSSR count). The van der Waals surface area contributed by atoms with Crippen molar-refractivity contribution in [1.82, 2.24) is 0 Å². The Morgan fingerprint density at radius 3 is 2.84 bits per heavy atom. The summed E-state index contributed by atoms with van der Waals surface area (Å²) >= 11 is 0. The van der Waals surface area contributed by atoms with E-state index in [1.807, 2.05) is 6.92 Å². The smallest absolute Gasteiger partial charge is 0.305 e. The third-order valence-corrected chi connectivity index (χ3v) is 8.31. The Morgan fingerprint density at radius 1 is 1.24 bits per heavy atom. The molecular weight excluding hydrogens is 312 g/mol. The predicted octanol–water partition coefficient (Wildman–Crippen LogP) is 4.84. The van der Waals surface area contributed by atoms with Crippen LogP contribution >= 0.6 is 0 Å². The zero-order valence-corrected chi connectivity index (χ0v) is 15.8. The molecule has 1 unspecified atom stereocenters. The molecule has 3 heteroatoms. The number of hydrogen-bond donors (Lipinski definition) is 0. The van der Waals surface area contributed by atoms with Gasteiger partial charge in [0.05, 0.1) is 0 Å². The van der Waals surface area contributed by atoms with Crippen molar-refractivity contribution >= 4 is 12.3 Å². The van der Waals surface area contributed by atoms with Crippen LogP contribution in [0.3, 0.4) is 0 Å². The Kier molecular flexibility index (Phi) is 4.32. The first-order chi connectivity index (χ1) is 12.0. The maximum Gasteiger partial charge on any atom is 0.305 e. The molecular formula is C22H32O3. The van der Waals surface area contributed by atoms with Crippen LogP contribution in [0.2, 0.25) is 0 Å². The topological polar surface area (TPSA) is 43.4 Å². The van der Waals surface area contributed by atoms with Crippen molar-refractivity contribution in [2.75, 3.05) is 0 Å². The molecule has 4 aliphatic rings. The van der Waals surface area contributed by atoms with E-state index >= 15 is 0 Å². The van der Waals surface area contributed by atoms with Crippen LogP contribution in [0, 0.1) is 28.6 Å². The van der Waals surface area contributed by atoms with Crippen molar-refractivity contribution < 1.29 is 14.3 Å². The van der Waals surface area contributed by atoms with Crippen LogP contribution in [0.25, 0.3) is 0 Å². The minimum absolute atomic E-state index is 0.0560. The normalized spacial score (nSPS) is 45.6. The third kappa shape index (κ3) is 2.44. The minimum Gasteiger partial charge on any atom is -0.462 e. The fourth-order valence-corrected chi connectivity index (χ4v) is 7.04. The van der Waals surface area contributed by atoms with Crippen LogP contribution in [-0.2, 0) is 14.3 Å². The number of esters is 1. The lowest BCUT2D eigenvalue weighted by Gasteiger charge is -2.57. The fraction of sp³-hybridized carbons (Fsp3) is 0.818. The van der Waals surface area contributed by atoms with E-state index in [9.17, 15) is 9.59 Å². The molecule has 0 radical (unpaired) electrons. The van der Waals surface area contributed by atoms with Crippen molar-refractivity contribution in [3.8, 4) is 0 Å². The van der Waals surface area contributed by atoms with E-state index in [2.05, 4.69) is 13.0 Å². The highest BCUT2D eigenvalue weighted by Gasteiger charge is 2.60. The number of aldehydes is 1. The minimum atomic E-state index is -0.166. The molecule has 3 fully saturated rings. The maximum absolute atomic E-state index is 12.3. The number of fused-ring (bicyclic) bond motifs is 5. The van der Waals surface area contributed by atoms with Gasteiger partial charge >= 0.3 is 5.97 Å². The van der Waals surface area contributed by atoms with Gasteiger partial charge in [0.25, 0.3) is 0 Å². The van der Waals surface area contributed by atoms with E-state index in [1.54, 1.807) is 0 Å². The van der Waals surface area contributed by atoms with Crippen LogP contribution < -0.4 is 0 Å². The van der Waals surface area contributed by atoms with E-state index < -0.39 is 0 Å². The monoisotopic (exact) mass is 344 g/mol. The number of hydrogen-bond acceptors (Lipinski definition) is 3. The third-order valence-electron chi connectivity index (χ3n) is 8.31. The van der Waals surface area contributed by atoms with Gasteiger partial charge in [-0.2, -0.15) is 0 Å². The Bertz CT molecular complexity index is 594. The zero-order valence-electron chi connectivity index (χ0n) is 15.8. The first-order valence-corrected chi connectivity index (χ1v) is 10.4. The second-order valence-corrected chi connectivity index (χ2v) is 9.15. The fourth-order valence-electron chi connectivity index (χ4n) is 7.04. The van der Waals surface area contributed by atoms with Crippen LogP contribution in [0.5, 0.6) is 0 Å². The first kappa shape index (κ1) is 17.3. The van der Waals surface area contributed by atoms with Gasteiger partial charge in [-0.05, 0) is 75.5 Å². The van der Waals surface area contributed by atoms with Crippen LogP contribution in [0.1, 0.15) is 78.1 Å². The van der Waals surface area contributed by atoms with Crippen molar-refractivity contribution in [3.63, 3.8) is 0 Å². The number of ether oxygens (including phenoxy) is 1. The van der Waals surface area contributed by atoms with Crippen LogP contribution in [0.15, 0.2) is 11.6 Å². The van der Waals surface area contributed by atoms with Crippen molar-refractivity contribution in [2.45, 2.75) is 84.2 Å². The van der Waals surface area contributed by atoms with Gasteiger partial charge in [-0.3, -0.25) is 4.79 Å². The molecule has 0 aliphatic heterocycles. The summed E-state index contributed by atoms with van der Waals surface area (Å²) in [7, 11) is 0. The maximum atomic E-state index is 12.3. The summed E-state index contributed by atoms with van der Waals surface area (Å²) < 4.78 is 5.85. The summed E-state index contributed by atoms with van der Waals surface area (Å²) in [4.78, 5) is 24.2. The van der Waals surface area contributed by atoms with Gasteiger partial charge in [-0.25, -0.2) is 0 Å². The number of carbonyl (C=O) groups is 2. The summed E-state index contributed by atoms with van der Waals surface area (Å²) in [5.74, 6) is 1.70. The van der Waals surface area contributed by atoms with Crippen molar-refractivity contribution in [2.24, 2.45) is 28.6 Å². The Balaban J connectivity index is 1.61. The van der Waals surface area contributed by atoms with Gasteiger partial charge in [0.1, 0.15) is 12.4 Å². The number of carbonyl (C=O) groups excluding carboxylic acids is 2. The van der Waals surface area contributed by atoms with Gasteiger partial charge in [0, 0.05) is 17.3 Å². The molecule has 0 saturated heterocycles. The second kappa shape index (κ2) is 6.25. The molecule has 138 valence electrons. The predicted molar refractivity (Wildman–Crippen MR) is 96.9 cm³/mol. The van der Waals surface area contributed by atoms with E-state index in [1.165, 1.54) is 18.3 Å². The van der Waals surface area contributed by atoms with Gasteiger partial charge < -0.3 is 9.53 Å². The Morgan fingerprint density at radius 2 is 2.08 bits per heavy atom. The molecule has 6 atom stereocenters. The highest BCUT2D eigenvalue weighted by molar-refractivity contribution is 5.69. The van der Waals surface area contributed by atoms with Crippen LogP contribution in [0.4, 0.5) is 0 Å². The number of allylic oxidation sites excluding steroid dienone is 2.